The van der Waals surface area contributed by atoms with E-state index in [9.17, 15) is 0 Å². The summed E-state index contributed by atoms with van der Waals surface area (Å²) in [5.41, 5.74) is 2.52. The summed E-state index contributed by atoms with van der Waals surface area (Å²) in [5, 5.41) is 3.23. The molecule has 1 saturated heterocycles. The molecular weight excluding hydrogens is 234 g/mol. The third-order valence-electron chi connectivity index (χ3n) is 2.73. The Hall–Kier alpha value is -1.44. The third kappa shape index (κ3) is 3.52. The van der Waals surface area contributed by atoms with E-state index in [-0.39, 0.29) is 6.10 Å². The number of aromatic nitrogens is 2. The van der Waals surface area contributed by atoms with Gasteiger partial charge in [0, 0.05) is 26.3 Å². The Morgan fingerprint density at radius 3 is 3.00 bits per heavy atom. The molecule has 100 valence electrons. The number of nitrogens with two attached hydrogens (primary N) is 1. The van der Waals surface area contributed by atoms with E-state index in [4.69, 9.17) is 15.3 Å². The van der Waals surface area contributed by atoms with Gasteiger partial charge in [0.15, 0.2) is 5.82 Å². The van der Waals surface area contributed by atoms with Gasteiger partial charge in [-0.05, 0) is 12.8 Å². The molecule has 0 bridgehead atoms. The average molecular weight is 253 g/mol. The Bertz CT molecular complexity index is 382. The van der Waals surface area contributed by atoms with Crippen molar-refractivity contribution in [1.29, 1.82) is 0 Å². The number of nitrogens with one attached hydrogen (secondary N) is 2. The van der Waals surface area contributed by atoms with Crippen LogP contribution in [0.25, 0.3) is 0 Å². The van der Waals surface area contributed by atoms with Crippen LogP contribution in [0, 0.1) is 0 Å². The molecule has 1 aliphatic rings. The first kappa shape index (κ1) is 13.0. The molecule has 1 unspecified atom stereocenters. The van der Waals surface area contributed by atoms with Gasteiger partial charge in [-0.3, -0.25) is 0 Å². The molecule has 18 heavy (non-hydrogen) atoms. The van der Waals surface area contributed by atoms with Crippen LogP contribution in [0.3, 0.4) is 0 Å². The molecule has 0 aliphatic carbocycles. The van der Waals surface area contributed by atoms with E-state index in [1.807, 2.05) is 0 Å². The highest BCUT2D eigenvalue weighted by Gasteiger charge is 2.15. The average Bonchev–Trinajstić information content (AvgIpc) is 2.89. The molecule has 0 radical (unpaired) electrons. The summed E-state index contributed by atoms with van der Waals surface area (Å²) in [4.78, 5) is 8.51. The Labute approximate surface area is 106 Å². The first-order valence-corrected chi connectivity index (χ1v) is 6.01. The van der Waals surface area contributed by atoms with Gasteiger partial charge in [-0.15, -0.1) is 0 Å². The molecule has 0 spiro atoms. The summed E-state index contributed by atoms with van der Waals surface area (Å²) in [6.07, 6.45) is 2.48. The highest BCUT2D eigenvalue weighted by Crippen LogP contribution is 2.15. The number of nitrogen functional groups attached to an aromatic ring is 1. The summed E-state index contributed by atoms with van der Waals surface area (Å²) in [6.45, 7) is 1.94. The second-order valence-electron chi connectivity index (χ2n) is 4.15. The van der Waals surface area contributed by atoms with Crippen molar-refractivity contribution >= 4 is 11.6 Å². The van der Waals surface area contributed by atoms with Gasteiger partial charge in [0.1, 0.15) is 18.2 Å². The van der Waals surface area contributed by atoms with E-state index in [0.29, 0.717) is 18.2 Å². The van der Waals surface area contributed by atoms with E-state index in [0.717, 1.165) is 31.8 Å². The predicted octanol–water partition coefficient (Wildman–Crippen LogP) is 0.499. The second kappa shape index (κ2) is 6.48. The predicted molar refractivity (Wildman–Crippen MR) is 68.0 cm³/mol. The van der Waals surface area contributed by atoms with Crippen molar-refractivity contribution in [2.45, 2.75) is 25.6 Å². The highest BCUT2D eigenvalue weighted by atomic mass is 16.5. The molecule has 1 fully saturated rings. The van der Waals surface area contributed by atoms with Gasteiger partial charge < -0.3 is 20.2 Å². The summed E-state index contributed by atoms with van der Waals surface area (Å²) < 4.78 is 10.6. The van der Waals surface area contributed by atoms with E-state index in [2.05, 4.69) is 20.7 Å². The lowest BCUT2D eigenvalue weighted by atomic mass is 10.2. The van der Waals surface area contributed by atoms with Crippen LogP contribution < -0.4 is 16.6 Å². The minimum Gasteiger partial charge on any atom is -0.377 e. The fourth-order valence-corrected chi connectivity index (χ4v) is 1.88. The number of methoxy groups -OCH3 is 1. The van der Waals surface area contributed by atoms with Crippen molar-refractivity contribution in [3.63, 3.8) is 0 Å². The minimum atomic E-state index is 0.264. The lowest BCUT2D eigenvalue weighted by molar-refractivity contribution is 0.120. The SMILES string of the molecule is COCc1nc(NN)cc(NCC2CCCO2)n1. The van der Waals surface area contributed by atoms with Gasteiger partial charge in [0.2, 0.25) is 0 Å². The molecule has 7 heteroatoms. The standard InChI is InChI=1S/C11H19N5O2/c1-17-7-11-14-9(5-10(15-11)16-12)13-6-8-3-2-4-18-8/h5,8H,2-4,6-7,12H2,1H3,(H2,13,14,15,16). The second-order valence-corrected chi connectivity index (χ2v) is 4.15. The number of hydrogen-bond donors (Lipinski definition) is 3. The molecule has 2 rings (SSSR count). The van der Waals surface area contributed by atoms with Crippen LogP contribution in [-0.4, -0.2) is 36.3 Å². The van der Waals surface area contributed by atoms with E-state index >= 15 is 0 Å². The van der Waals surface area contributed by atoms with Crippen molar-refractivity contribution < 1.29 is 9.47 Å². The molecule has 1 aromatic heterocycles. The normalized spacial score (nSPS) is 18.9. The van der Waals surface area contributed by atoms with Crippen LogP contribution >= 0.6 is 0 Å². The monoisotopic (exact) mass is 253 g/mol. The number of ether oxygens (including phenoxy) is 2. The van der Waals surface area contributed by atoms with Gasteiger partial charge in [-0.25, -0.2) is 15.8 Å². The first-order chi connectivity index (χ1) is 8.81. The molecule has 1 aromatic rings. The largest absolute Gasteiger partial charge is 0.377 e. The molecule has 0 aromatic carbocycles. The number of nitrogens with zero attached hydrogens (tertiary/aromatic N) is 2. The molecule has 7 nitrogen and oxygen atoms in total. The summed E-state index contributed by atoms with van der Waals surface area (Å²) in [6, 6.07) is 1.76. The Kier molecular flexibility index (Phi) is 4.68. The van der Waals surface area contributed by atoms with Crippen molar-refractivity contribution in [2.75, 3.05) is 31.0 Å². The van der Waals surface area contributed by atoms with Gasteiger partial charge in [0.25, 0.3) is 0 Å². The van der Waals surface area contributed by atoms with E-state index < -0.39 is 0 Å². The molecule has 1 aliphatic heterocycles. The number of hydrogen-bond acceptors (Lipinski definition) is 7. The Balaban J connectivity index is 1.98. The quantitative estimate of drug-likeness (QED) is 0.502. The maximum Gasteiger partial charge on any atom is 0.158 e. The minimum absolute atomic E-state index is 0.264. The number of hydrazine groups is 1. The summed E-state index contributed by atoms with van der Waals surface area (Å²) in [5.74, 6) is 7.24. The summed E-state index contributed by atoms with van der Waals surface area (Å²) >= 11 is 0. The van der Waals surface area contributed by atoms with E-state index in [1.54, 1.807) is 13.2 Å². The topological polar surface area (TPSA) is 94.3 Å². The van der Waals surface area contributed by atoms with Crippen molar-refractivity contribution in [3.05, 3.63) is 11.9 Å². The maximum atomic E-state index is 5.54. The molecule has 1 atom stereocenters. The lowest BCUT2D eigenvalue weighted by Crippen LogP contribution is -2.20. The number of rotatable bonds is 6. The fourth-order valence-electron chi connectivity index (χ4n) is 1.88. The molecule has 0 amide bonds. The van der Waals surface area contributed by atoms with Gasteiger partial charge in [-0.2, -0.15) is 0 Å². The Morgan fingerprint density at radius 2 is 2.33 bits per heavy atom. The third-order valence-corrected chi connectivity index (χ3v) is 2.73. The molecule has 4 N–H and O–H groups in total. The smallest absolute Gasteiger partial charge is 0.158 e. The van der Waals surface area contributed by atoms with Crippen LogP contribution in [0.15, 0.2) is 6.07 Å². The lowest BCUT2D eigenvalue weighted by Gasteiger charge is -2.12. The maximum absolute atomic E-state index is 5.54. The zero-order chi connectivity index (χ0) is 12.8. The van der Waals surface area contributed by atoms with Crippen LogP contribution in [0.5, 0.6) is 0 Å². The highest BCUT2D eigenvalue weighted by molar-refractivity contribution is 5.46. The van der Waals surface area contributed by atoms with Crippen LogP contribution in [0.1, 0.15) is 18.7 Å². The Morgan fingerprint density at radius 1 is 1.50 bits per heavy atom. The molecule has 0 saturated carbocycles. The van der Waals surface area contributed by atoms with Crippen LogP contribution in [0.2, 0.25) is 0 Å². The summed E-state index contributed by atoms with van der Waals surface area (Å²) in [7, 11) is 1.60. The van der Waals surface area contributed by atoms with Crippen molar-refractivity contribution in [3.8, 4) is 0 Å². The van der Waals surface area contributed by atoms with Gasteiger partial charge in [-0.1, -0.05) is 0 Å². The van der Waals surface area contributed by atoms with Gasteiger partial charge in [0.05, 0.1) is 6.10 Å². The zero-order valence-corrected chi connectivity index (χ0v) is 10.5. The van der Waals surface area contributed by atoms with E-state index in [1.165, 1.54) is 0 Å². The van der Waals surface area contributed by atoms with Crippen LogP contribution in [0.4, 0.5) is 11.6 Å². The molecular formula is C11H19N5O2. The number of anilines is 2. The van der Waals surface area contributed by atoms with Crippen LogP contribution in [-0.2, 0) is 16.1 Å². The zero-order valence-electron chi connectivity index (χ0n) is 10.5. The first-order valence-electron chi connectivity index (χ1n) is 6.01. The fraction of sp³-hybridized carbons (Fsp3) is 0.636. The molecule has 2 heterocycles. The van der Waals surface area contributed by atoms with Crippen molar-refractivity contribution in [1.82, 2.24) is 9.97 Å². The van der Waals surface area contributed by atoms with Gasteiger partial charge >= 0.3 is 0 Å². The van der Waals surface area contributed by atoms with Crippen molar-refractivity contribution in [2.24, 2.45) is 5.84 Å².